The number of fused-ring (bicyclic) bond motifs is 2. The van der Waals surface area contributed by atoms with Crippen LogP contribution in [0.2, 0.25) is 0 Å². The van der Waals surface area contributed by atoms with Gasteiger partial charge in [-0.3, -0.25) is 29.1 Å². The number of likely N-dealkylation sites (tertiary alicyclic amines) is 1. The summed E-state index contributed by atoms with van der Waals surface area (Å²) in [7, 11) is 3.68. The number of hydrogen-bond donors (Lipinski definition) is 1. The maximum atomic E-state index is 15.8. The Balaban J connectivity index is 0.961. The number of alkyl halides is 1. The number of nitrogens with zero attached hydrogens (tertiary/aromatic N) is 9. The fraction of sp³-hybridized carbons (Fsp3) is 0.410. The molecule has 2 fully saturated rings. The molecule has 10 rings (SSSR count). The molecule has 6 heterocycles. The molecule has 0 unspecified atom stereocenters. The van der Waals surface area contributed by atoms with Crippen LogP contribution in [-0.2, 0) is 51.2 Å². The molecule has 1 N–H and O–H groups in total. The molecule has 4 aliphatic heterocycles. The fourth-order valence-electron chi connectivity index (χ4n) is 11.8. The number of piperazine rings is 1. The number of aromatic hydroxyl groups is 1. The fourth-order valence-corrected chi connectivity index (χ4v) is 11.8. The van der Waals surface area contributed by atoms with E-state index in [1.54, 1.807) is 51.7 Å². The lowest BCUT2D eigenvalue weighted by atomic mass is 9.89. The molecule has 16 heteroatoms. The van der Waals surface area contributed by atoms with Crippen molar-refractivity contribution in [3.8, 4) is 28.8 Å². The number of nitriles is 1. The van der Waals surface area contributed by atoms with Crippen molar-refractivity contribution in [3.05, 3.63) is 153 Å². The van der Waals surface area contributed by atoms with Gasteiger partial charge in [0.2, 0.25) is 5.91 Å². The lowest BCUT2D eigenvalue weighted by Gasteiger charge is -2.41. The van der Waals surface area contributed by atoms with Crippen LogP contribution in [0.15, 0.2) is 91.0 Å². The molecule has 0 bridgehead atoms. The Labute approximate surface area is 450 Å². The second-order valence-electron chi connectivity index (χ2n) is 21.2. The van der Waals surface area contributed by atoms with E-state index in [9.17, 15) is 19.6 Å². The lowest BCUT2D eigenvalue weighted by molar-refractivity contribution is -0.131. The molecule has 0 aliphatic carbocycles. The van der Waals surface area contributed by atoms with Crippen LogP contribution in [0.4, 0.5) is 20.2 Å². The van der Waals surface area contributed by atoms with Crippen LogP contribution in [0, 0.1) is 31.0 Å². The van der Waals surface area contributed by atoms with Gasteiger partial charge < -0.3 is 33.7 Å². The van der Waals surface area contributed by atoms with Gasteiger partial charge in [0.25, 0.3) is 11.8 Å². The highest BCUT2D eigenvalue weighted by Gasteiger charge is 2.36. The Hall–Kier alpha value is -7.32. The van der Waals surface area contributed by atoms with E-state index < -0.39 is 5.82 Å². The molecule has 402 valence electrons. The number of carbonyl (C=O) groups is 3. The molecule has 0 spiro atoms. The zero-order chi connectivity index (χ0) is 53.9. The zero-order valence-electron chi connectivity index (χ0n) is 44.7. The summed E-state index contributed by atoms with van der Waals surface area (Å²) in [6.07, 6.45) is 4.52. The minimum absolute atomic E-state index is 0.0463. The maximum absolute atomic E-state index is 15.8. The van der Waals surface area contributed by atoms with Crippen LogP contribution in [0.5, 0.6) is 11.5 Å². The number of aromatic nitrogens is 2. The minimum Gasteiger partial charge on any atom is -0.508 e. The van der Waals surface area contributed by atoms with Gasteiger partial charge in [0, 0.05) is 126 Å². The molecular formula is C61H69F2N9O5. The van der Waals surface area contributed by atoms with E-state index in [1.807, 2.05) is 48.6 Å². The summed E-state index contributed by atoms with van der Waals surface area (Å²) in [5.74, 6) is -0.782. The molecule has 1 atom stereocenters. The van der Waals surface area contributed by atoms with E-state index in [-0.39, 0.29) is 54.7 Å². The highest BCUT2D eigenvalue weighted by molar-refractivity contribution is 6.13. The average Bonchev–Trinajstić information content (AvgIpc) is 3.90. The summed E-state index contributed by atoms with van der Waals surface area (Å²) in [6, 6.07) is 29.1. The number of amides is 3. The minimum atomic E-state index is -0.513. The van der Waals surface area contributed by atoms with Crippen molar-refractivity contribution in [2.45, 2.75) is 71.5 Å². The van der Waals surface area contributed by atoms with Crippen molar-refractivity contribution >= 4 is 29.1 Å². The first-order valence-corrected chi connectivity index (χ1v) is 27.1. The van der Waals surface area contributed by atoms with E-state index in [0.717, 1.165) is 75.3 Å². The summed E-state index contributed by atoms with van der Waals surface area (Å²) >= 11 is 0. The van der Waals surface area contributed by atoms with Gasteiger partial charge in [-0.25, -0.2) is 8.78 Å². The number of ether oxygens (including phenoxy) is 1. The number of hydrogen-bond acceptors (Lipinski definition) is 9. The van der Waals surface area contributed by atoms with Crippen LogP contribution in [-0.4, -0.2) is 141 Å². The largest absolute Gasteiger partial charge is 0.508 e. The van der Waals surface area contributed by atoms with E-state index >= 15 is 14.0 Å². The summed E-state index contributed by atoms with van der Waals surface area (Å²) < 4.78 is 38.1. The van der Waals surface area contributed by atoms with Gasteiger partial charge in [-0.05, 0) is 135 Å². The molecule has 14 nitrogen and oxygen atoms in total. The van der Waals surface area contributed by atoms with Crippen molar-refractivity contribution in [2.24, 2.45) is 14.1 Å². The Bertz CT molecular complexity index is 3200. The van der Waals surface area contributed by atoms with Gasteiger partial charge in [0.05, 0.1) is 17.7 Å². The maximum Gasteiger partial charge on any atom is 0.264 e. The Morgan fingerprint density at radius 2 is 1.48 bits per heavy atom. The van der Waals surface area contributed by atoms with Crippen LogP contribution >= 0.6 is 0 Å². The quantitative estimate of drug-likeness (QED) is 0.108. The molecule has 77 heavy (non-hydrogen) atoms. The van der Waals surface area contributed by atoms with Crippen LogP contribution < -0.4 is 9.64 Å². The normalized spacial score (nSPS) is 17.2. The van der Waals surface area contributed by atoms with Crippen molar-refractivity contribution in [3.63, 3.8) is 0 Å². The first-order valence-electron chi connectivity index (χ1n) is 27.1. The Kier molecular flexibility index (Phi) is 15.9. The SMILES string of the molecule is Cc1c(N(C(=O)c2cc(-c3cc4c(cc3C(=O)N3Cc5ccccc5C[C@H]3CN3CCCCC3)CN(C(=O)Cc3ccc(OCCN5CCN(CCF)CC5)cc3F)CC4)n(C)c2C)c2ccc(O)cc2)cc(C#N)n1C. The van der Waals surface area contributed by atoms with E-state index in [2.05, 4.69) is 45.0 Å². The third kappa shape index (κ3) is 11.3. The number of piperidine rings is 1. The smallest absolute Gasteiger partial charge is 0.264 e. The van der Waals surface area contributed by atoms with Gasteiger partial charge in [-0.2, -0.15) is 5.26 Å². The predicted molar refractivity (Wildman–Crippen MR) is 293 cm³/mol. The van der Waals surface area contributed by atoms with Crippen LogP contribution in [0.1, 0.15) is 84.9 Å². The van der Waals surface area contributed by atoms with Crippen LogP contribution in [0.3, 0.4) is 0 Å². The Morgan fingerprint density at radius 1 is 0.753 bits per heavy atom. The molecule has 2 aromatic heterocycles. The van der Waals surface area contributed by atoms with Gasteiger partial charge in [0.15, 0.2) is 0 Å². The summed E-state index contributed by atoms with van der Waals surface area (Å²) in [4.78, 5) is 57.4. The second kappa shape index (κ2) is 23.1. The predicted octanol–water partition coefficient (Wildman–Crippen LogP) is 8.49. The highest BCUT2D eigenvalue weighted by Crippen LogP contribution is 2.39. The lowest BCUT2D eigenvalue weighted by Crippen LogP contribution is -2.51. The van der Waals surface area contributed by atoms with Crippen molar-refractivity contribution in [1.29, 1.82) is 5.26 Å². The molecular weight excluding hydrogens is 977 g/mol. The van der Waals surface area contributed by atoms with Crippen molar-refractivity contribution in [1.82, 2.24) is 33.6 Å². The summed E-state index contributed by atoms with van der Waals surface area (Å²) in [5, 5.41) is 20.3. The molecule has 4 aliphatic rings. The number of benzene rings is 4. The Morgan fingerprint density at radius 3 is 2.18 bits per heavy atom. The standard InChI is InChI=1S/C61H69F2N9O5/c1-41-53(61(76)72(48-13-15-51(73)16-14-48)57-34-49(37-64)65(3)42(57)2)36-58(66(41)4)54-31-44-18-22-70(59(74)33-45-12-17-52(35-56(45)63)77-29-28-68-26-24-67(23-19-62)25-27-68)38-47(44)32-55(54)60(75)71-39-46-11-7-6-10-43(46)30-50(71)40-69-20-8-5-9-21-69/h6-7,10-17,31-32,34-36,50,73H,5,8-9,18-30,33,38-40H2,1-4H3/t50-/m0/s1. The molecule has 4 aromatic carbocycles. The first kappa shape index (κ1) is 53.1. The van der Waals surface area contributed by atoms with Gasteiger partial charge in [0.1, 0.15) is 42.4 Å². The second-order valence-corrected chi connectivity index (χ2v) is 21.2. The number of carbonyl (C=O) groups excluding carboxylic acids is 3. The van der Waals surface area contributed by atoms with Gasteiger partial charge >= 0.3 is 0 Å². The topological polar surface area (TPSA) is 134 Å². The zero-order valence-corrected chi connectivity index (χ0v) is 44.7. The number of phenols is 1. The molecule has 0 radical (unpaired) electrons. The third-order valence-corrected chi connectivity index (χ3v) is 16.6. The van der Waals surface area contributed by atoms with E-state index in [0.29, 0.717) is 102 Å². The van der Waals surface area contributed by atoms with Gasteiger partial charge in [-0.15, -0.1) is 0 Å². The molecule has 3 amide bonds. The van der Waals surface area contributed by atoms with E-state index in [1.165, 1.54) is 30.2 Å². The number of halogens is 2. The molecule has 0 saturated carbocycles. The van der Waals surface area contributed by atoms with Crippen LogP contribution in [0.25, 0.3) is 11.3 Å². The average molecular weight is 1050 g/mol. The van der Waals surface area contributed by atoms with Crippen molar-refractivity contribution < 1.29 is 33.0 Å². The summed E-state index contributed by atoms with van der Waals surface area (Å²) in [6.45, 7) is 11.9. The molecule has 6 aromatic rings. The van der Waals surface area contributed by atoms with E-state index in [4.69, 9.17) is 4.74 Å². The van der Waals surface area contributed by atoms with Crippen molar-refractivity contribution in [2.75, 3.05) is 83.6 Å². The number of rotatable bonds is 15. The number of anilines is 2. The molecule has 2 saturated heterocycles. The summed E-state index contributed by atoms with van der Waals surface area (Å²) in [5.41, 5.74) is 9.42. The van der Waals surface area contributed by atoms with Gasteiger partial charge in [-0.1, -0.05) is 36.8 Å². The monoisotopic (exact) mass is 1050 g/mol. The third-order valence-electron chi connectivity index (χ3n) is 16.6. The highest BCUT2D eigenvalue weighted by atomic mass is 19.1. The first-order chi connectivity index (χ1) is 37.3. The number of phenolic OH excluding ortho intramolecular Hbond substituents is 1.